The van der Waals surface area contributed by atoms with Gasteiger partial charge in [0.1, 0.15) is 5.82 Å². The second-order valence-electron chi connectivity index (χ2n) is 4.57. The average Bonchev–Trinajstić information content (AvgIpc) is 2.42. The van der Waals surface area contributed by atoms with E-state index in [0.29, 0.717) is 11.6 Å². The van der Waals surface area contributed by atoms with Crippen LogP contribution < -0.4 is 10.6 Å². The van der Waals surface area contributed by atoms with Crippen LogP contribution in [0.15, 0.2) is 12.1 Å². The molecule has 0 aliphatic heterocycles. The molecule has 2 N–H and O–H groups in total. The minimum Gasteiger partial charge on any atom is -0.370 e. The van der Waals surface area contributed by atoms with Crippen molar-refractivity contribution >= 4 is 29.1 Å². The third-order valence-electron chi connectivity index (χ3n) is 2.76. The Balaban J connectivity index is 2.85. The van der Waals surface area contributed by atoms with E-state index in [1.165, 1.54) is 6.07 Å². The molecule has 1 aromatic rings. The number of nitro groups is 1. The van der Waals surface area contributed by atoms with Crippen LogP contribution in [0.5, 0.6) is 0 Å². The van der Waals surface area contributed by atoms with Crippen LogP contribution in [0, 0.1) is 10.1 Å². The van der Waals surface area contributed by atoms with Gasteiger partial charge < -0.3 is 10.6 Å². The molecule has 1 heterocycles. The fourth-order valence-corrected chi connectivity index (χ4v) is 2.25. The Morgan fingerprint density at radius 2 is 2.25 bits per heavy atom. The zero-order valence-electron chi connectivity index (χ0n) is 12.2. The molecule has 0 aliphatic rings. The SMILES string of the molecule is CCCNc1ccc([N+](=O)[O-])c(NC(C)CCSC)n1. The van der Waals surface area contributed by atoms with E-state index < -0.39 is 4.92 Å². The van der Waals surface area contributed by atoms with Gasteiger partial charge in [-0.15, -0.1) is 0 Å². The van der Waals surface area contributed by atoms with Gasteiger partial charge in [0.15, 0.2) is 0 Å². The normalized spacial score (nSPS) is 11.9. The summed E-state index contributed by atoms with van der Waals surface area (Å²) in [6.07, 6.45) is 3.96. The number of hydrogen-bond donors (Lipinski definition) is 2. The molecule has 0 saturated heterocycles. The number of rotatable bonds is 9. The number of aromatic nitrogens is 1. The summed E-state index contributed by atoms with van der Waals surface area (Å²) in [6.45, 7) is 4.86. The molecule has 1 atom stereocenters. The van der Waals surface area contributed by atoms with Gasteiger partial charge in [-0.1, -0.05) is 6.92 Å². The maximum absolute atomic E-state index is 11.0. The van der Waals surface area contributed by atoms with Crippen molar-refractivity contribution < 1.29 is 4.92 Å². The third kappa shape index (κ3) is 5.24. The van der Waals surface area contributed by atoms with Gasteiger partial charge in [0.25, 0.3) is 0 Å². The fraction of sp³-hybridized carbons (Fsp3) is 0.615. The lowest BCUT2D eigenvalue weighted by atomic mass is 10.2. The summed E-state index contributed by atoms with van der Waals surface area (Å²) in [5, 5.41) is 17.3. The highest BCUT2D eigenvalue weighted by atomic mass is 32.2. The molecule has 1 unspecified atom stereocenters. The van der Waals surface area contributed by atoms with E-state index in [9.17, 15) is 10.1 Å². The maximum atomic E-state index is 11.0. The van der Waals surface area contributed by atoms with Crippen LogP contribution >= 0.6 is 11.8 Å². The van der Waals surface area contributed by atoms with E-state index in [2.05, 4.69) is 22.5 Å². The molecule has 1 rings (SSSR count). The summed E-state index contributed by atoms with van der Waals surface area (Å²) in [7, 11) is 0. The fourth-order valence-electron chi connectivity index (χ4n) is 1.66. The molecule has 0 spiro atoms. The topological polar surface area (TPSA) is 80.1 Å². The average molecular weight is 298 g/mol. The number of thioether (sulfide) groups is 1. The third-order valence-corrected chi connectivity index (χ3v) is 3.41. The van der Waals surface area contributed by atoms with Gasteiger partial charge in [-0.05, 0) is 37.8 Å². The monoisotopic (exact) mass is 298 g/mol. The van der Waals surface area contributed by atoms with Crippen molar-refractivity contribution in [3.63, 3.8) is 0 Å². The van der Waals surface area contributed by atoms with Crippen LogP contribution in [-0.4, -0.2) is 34.5 Å². The Labute approximate surface area is 123 Å². The number of anilines is 2. The Morgan fingerprint density at radius 1 is 1.50 bits per heavy atom. The van der Waals surface area contributed by atoms with E-state index >= 15 is 0 Å². The van der Waals surface area contributed by atoms with E-state index in [1.54, 1.807) is 17.8 Å². The van der Waals surface area contributed by atoms with Gasteiger partial charge in [0.05, 0.1) is 4.92 Å². The molecule has 7 heteroatoms. The highest BCUT2D eigenvalue weighted by Gasteiger charge is 2.17. The van der Waals surface area contributed by atoms with E-state index in [4.69, 9.17) is 0 Å². The zero-order chi connectivity index (χ0) is 15.0. The van der Waals surface area contributed by atoms with Crippen molar-refractivity contribution in [3.05, 3.63) is 22.2 Å². The molecular formula is C13H22N4O2S. The summed E-state index contributed by atoms with van der Waals surface area (Å²) >= 11 is 1.76. The molecule has 0 fully saturated rings. The van der Waals surface area contributed by atoms with Gasteiger partial charge in [-0.25, -0.2) is 4.98 Å². The predicted molar refractivity (Wildman–Crippen MR) is 85.8 cm³/mol. The molecular weight excluding hydrogens is 276 g/mol. The van der Waals surface area contributed by atoms with Crippen LogP contribution in [0.1, 0.15) is 26.7 Å². The van der Waals surface area contributed by atoms with E-state index in [1.807, 2.05) is 13.2 Å². The summed E-state index contributed by atoms with van der Waals surface area (Å²) in [5.74, 6) is 2.01. The van der Waals surface area contributed by atoms with E-state index in [-0.39, 0.29) is 11.7 Å². The predicted octanol–water partition coefficient (Wildman–Crippen LogP) is 3.37. The van der Waals surface area contributed by atoms with Crippen LogP contribution in [-0.2, 0) is 0 Å². The standard InChI is InChI=1S/C13H22N4O2S/c1-4-8-14-12-6-5-11(17(18)19)13(16-12)15-10(2)7-9-20-3/h5-6,10H,4,7-9H2,1-3H3,(H2,14,15,16). The molecule has 20 heavy (non-hydrogen) atoms. The van der Waals surface area contributed by atoms with Crippen molar-refractivity contribution in [2.75, 3.05) is 29.2 Å². The molecule has 0 saturated carbocycles. The van der Waals surface area contributed by atoms with Crippen molar-refractivity contribution in [3.8, 4) is 0 Å². The lowest BCUT2D eigenvalue weighted by molar-refractivity contribution is -0.384. The summed E-state index contributed by atoms with van der Waals surface area (Å²) < 4.78 is 0. The van der Waals surface area contributed by atoms with Crippen molar-refractivity contribution in [1.82, 2.24) is 4.98 Å². The highest BCUT2D eigenvalue weighted by Crippen LogP contribution is 2.25. The summed E-state index contributed by atoms with van der Waals surface area (Å²) in [6, 6.07) is 3.29. The first-order valence-electron chi connectivity index (χ1n) is 6.73. The van der Waals surface area contributed by atoms with Gasteiger partial charge in [0, 0.05) is 18.7 Å². The second-order valence-corrected chi connectivity index (χ2v) is 5.56. The Hall–Kier alpha value is -1.50. The molecule has 112 valence electrons. The molecule has 0 bridgehead atoms. The maximum Gasteiger partial charge on any atom is 0.311 e. The van der Waals surface area contributed by atoms with E-state index in [0.717, 1.165) is 25.1 Å². The lowest BCUT2D eigenvalue weighted by Gasteiger charge is -2.15. The minimum absolute atomic E-state index is 0.0167. The van der Waals surface area contributed by atoms with Gasteiger partial charge in [-0.3, -0.25) is 10.1 Å². The van der Waals surface area contributed by atoms with Crippen LogP contribution in [0.2, 0.25) is 0 Å². The molecule has 0 amide bonds. The quantitative estimate of drug-likeness (QED) is 0.537. The largest absolute Gasteiger partial charge is 0.370 e. The minimum atomic E-state index is -0.403. The van der Waals surface area contributed by atoms with Crippen LogP contribution in [0.3, 0.4) is 0 Å². The van der Waals surface area contributed by atoms with Crippen molar-refractivity contribution in [1.29, 1.82) is 0 Å². The highest BCUT2D eigenvalue weighted by molar-refractivity contribution is 7.98. The molecule has 1 aromatic heterocycles. The second kappa shape index (κ2) is 8.63. The Morgan fingerprint density at radius 3 is 2.85 bits per heavy atom. The first-order chi connectivity index (χ1) is 9.58. The number of nitrogens with one attached hydrogen (secondary N) is 2. The van der Waals surface area contributed by atoms with Gasteiger partial charge in [0.2, 0.25) is 5.82 Å². The van der Waals surface area contributed by atoms with Crippen LogP contribution in [0.25, 0.3) is 0 Å². The first-order valence-corrected chi connectivity index (χ1v) is 8.12. The number of nitrogens with zero attached hydrogens (tertiary/aromatic N) is 2. The molecule has 0 radical (unpaired) electrons. The van der Waals surface area contributed by atoms with Crippen molar-refractivity contribution in [2.24, 2.45) is 0 Å². The zero-order valence-corrected chi connectivity index (χ0v) is 13.0. The summed E-state index contributed by atoms with van der Waals surface area (Å²) in [4.78, 5) is 14.9. The Bertz CT molecular complexity index is 442. The number of hydrogen-bond acceptors (Lipinski definition) is 6. The first kappa shape index (κ1) is 16.6. The number of pyridine rings is 1. The van der Waals surface area contributed by atoms with Crippen molar-refractivity contribution in [2.45, 2.75) is 32.7 Å². The summed E-state index contributed by atoms with van der Waals surface area (Å²) in [5.41, 5.74) is 0.0167. The van der Waals surface area contributed by atoms with Gasteiger partial charge >= 0.3 is 5.69 Å². The molecule has 0 aliphatic carbocycles. The lowest BCUT2D eigenvalue weighted by Crippen LogP contribution is -2.18. The van der Waals surface area contributed by atoms with Gasteiger partial charge in [-0.2, -0.15) is 11.8 Å². The molecule has 6 nitrogen and oxygen atoms in total. The Kier molecular flexibility index (Phi) is 7.14. The van der Waals surface area contributed by atoms with Crippen LogP contribution in [0.4, 0.5) is 17.3 Å². The smallest absolute Gasteiger partial charge is 0.311 e. The molecule has 0 aromatic carbocycles.